The molecular formula is C15H17N3O4S. The van der Waals surface area contributed by atoms with Crippen LogP contribution in [0.4, 0.5) is 5.82 Å². The van der Waals surface area contributed by atoms with E-state index in [9.17, 15) is 13.2 Å². The van der Waals surface area contributed by atoms with Crippen molar-refractivity contribution >= 4 is 21.8 Å². The van der Waals surface area contributed by atoms with E-state index in [-0.39, 0.29) is 16.5 Å². The summed E-state index contributed by atoms with van der Waals surface area (Å²) < 4.78 is 32.1. The van der Waals surface area contributed by atoms with Gasteiger partial charge in [-0.3, -0.25) is 4.72 Å². The van der Waals surface area contributed by atoms with Crippen molar-refractivity contribution in [3.8, 4) is 0 Å². The lowest BCUT2D eigenvalue weighted by Crippen LogP contribution is -2.18. The predicted octanol–water partition coefficient (Wildman–Crippen LogP) is 1.99. The van der Waals surface area contributed by atoms with Gasteiger partial charge in [-0.2, -0.15) is 0 Å². The second kappa shape index (κ2) is 6.33. The molecule has 1 heterocycles. The van der Waals surface area contributed by atoms with E-state index in [0.29, 0.717) is 11.1 Å². The summed E-state index contributed by atoms with van der Waals surface area (Å²) in [5, 5.41) is 0. The number of anilines is 1. The molecule has 0 aliphatic carbocycles. The van der Waals surface area contributed by atoms with Crippen molar-refractivity contribution in [2.45, 2.75) is 25.7 Å². The van der Waals surface area contributed by atoms with Crippen molar-refractivity contribution in [3.63, 3.8) is 0 Å². The first-order valence-electron chi connectivity index (χ1n) is 6.76. The summed E-state index contributed by atoms with van der Waals surface area (Å²) in [4.78, 5) is 19.2. The smallest absolute Gasteiger partial charge is 0.376 e. The minimum absolute atomic E-state index is 0.000208. The first-order valence-corrected chi connectivity index (χ1v) is 8.25. The summed E-state index contributed by atoms with van der Waals surface area (Å²) in [6, 6.07) is 4.95. The maximum atomic E-state index is 12.6. The number of hydrogen-bond acceptors (Lipinski definition) is 6. The first kappa shape index (κ1) is 16.9. The number of aromatic nitrogens is 2. The normalized spacial score (nSPS) is 11.1. The van der Waals surface area contributed by atoms with Gasteiger partial charge in [0, 0.05) is 6.20 Å². The van der Waals surface area contributed by atoms with Crippen LogP contribution in [0.1, 0.15) is 27.3 Å². The van der Waals surface area contributed by atoms with Gasteiger partial charge >= 0.3 is 5.97 Å². The Hall–Kier alpha value is -2.48. The highest BCUT2D eigenvalue weighted by Crippen LogP contribution is 2.23. The zero-order valence-corrected chi connectivity index (χ0v) is 14.1. The van der Waals surface area contributed by atoms with Gasteiger partial charge in [0.05, 0.1) is 12.0 Å². The van der Waals surface area contributed by atoms with Crippen LogP contribution in [-0.2, 0) is 14.8 Å². The van der Waals surface area contributed by atoms with Crippen LogP contribution in [0.25, 0.3) is 0 Å². The summed E-state index contributed by atoms with van der Waals surface area (Å²) in [5.74, 6) is -0.960. The highest BCUT2D eigenvalue weighted by atomic mass is 32.2. The van der Waals surface area contributed by atoms with Gasteiger partial charge in [-0.1, -0.05) is 17.7 Å². The highest BCUT2D eigenvalue weighted by molar-refractivity contribution is 7.92. The van der Waals surface area contributed by atoms with E-state index in [1.54, 1.807) is 26.0 Å². The summed E-state index contributed by atoms with van der Waals surface area (Å²) in [6.45, 7) is 5.36. The van der Waals surface area contributed by atoms with Crippen LogP contribution in [0.3, 0.4) is 0 Å². The maximum absolute atomic E-state index is 12.6. The lowest BCUT2D eigenvalue weighted by molar-refractivity contribution is 0.0587. The quantitative estimate of drug-likeness (QED) is 0.858. The molecule has 8 heteroatoms. The number of hydrogen-bond donors (Lipinski definition) is 1. The number of rotatable bonds is 4. The molecule has 2 rings (SSSR count). The second-order valence-corrected chi connectivity index (χ2v) is 6.71. The molecule has 0 fully saturated rings. The molecule has 1 N–H and O–H groups in total. The fourth-order valence-electron chi connectivity index (χ4n) is 2.38. The van der Waals surface area contributed by atoms with Gasteiger partial charge in [0.1, 0.15) is 5.82 Å². The van der Waals surface area contributed by atoms with E-state index in [1.807, 2.05) is 6.92 Å². The van der Waals surface area contributed by atoms with Crippen LogP contribution in [0.2, 0.25) is 0 Å². The van der Waals surface area contributed by atoms with Crippen molar-refractivity contribution in [2.75, 3.05) is 11.8 Å². The molecule has 0 bridgehead atoms. The molecule has 0 aliphatic heterocycles. The monoisotopic (exact) mass is 335 g/mol. The number of nitrogens with zero attached hydrogens (tertiary/aromatic N) is 2. The minimum Gasteiger partial charge on any atom is -0.463 e. The molecule has 0 unspecified atom stereocenters. The number of nitrogens with one attached hydrogen (secondary N) is 1. The van der Waals surface area contributed by atoms with E-state index in [0.717, 1.165) is 5.56 Å². The van der Waals surface area contributed by atoms with Crippen LogP contribution in [0.5, 0.6) is 0 Å². The third kappa shape index (κ3) is 3.65. The molecule has 0 amide bonds. The van der Waals surface area contributed by atoms with E-state index in [2.05, 4.69) is 19.4 Å². The number of ether oxygens (including phenoxy) is 1. The van der Waals surface area contributed by atoms with E-state index in [1.165, 1.54) is 19.4 Å². The number of carbonyl (C=O) groups is 1. The SMILES string of the molecule is COC(=O)c1nccc(NS(=O)(=O)c2c(C)cc(C)cc2C)n1. The molecule has 0 saturated heterocycles. The molecule has 7 nitrogen and oxygen atoms in total. The van der Waals surface area contributed by atoms with Crippen molar-refractivity contribution in [1.29, 1.82) is 0 Å². The molecule has 122 valence electrons. The van der Waals surface area contributed by atoms with Crippen LogP contribution in [-0.4, -0.2) is 31.5 Å². The van der Waals surface area contributed by atoms with Crippen molar-refractivity contribution < 1.29 is 17.9 Å². The Labute approximate surface area is 134 Å². The average Bonchev–Trinajstić information content (AvgIpc) is 2.44. The van der Waals surface area contributed by atoms with E-state index < -0.39 is 16.0 Å². The minimum atomic E-state index is -3.83. The Balaban J connectivity index is 2.42. The molecule has 1 aromatic carbocycles. The van der Waals surface area contributed by atoms with Gasteiger partial charge in [0.25, 0.3) is 10.0 Å². The summed E-state index contributed by atoms with van der Waals surface area (Å²) in [7, 11) is -2.64. The summed E-state index contributed by atoms with van der Waals surface area (Å²) >= 11 is 0. The Morgan fingerprint density at radius 3 is 2.35 bits per heavy atom. The Bertz CT molecular complexity index is 840. The van der Waals surface area contributed by atoms with Crippen LogP contribution >= 0.6 is 0 Å². The lowest BCUT2D eigenvalue weighted by Gasteiger charge is -2.13. The molecule has 0 aliphatic rings. The molecule has 0 atom stereocenters. The molecule has 1 aromatic heterocycles. The molecule has 0 saturated carbocycles. The van der Waals surface area contributed by atoms with Crippen molar-refractivity contribution in [3.05, 3.63) is 46.9 Å². The number of carbonyl (C=O) groups excluding carboxylic acids is 1. The molecular weight excluding hydrogens is 318 g/mol. The Morgan fingerprint density at radius 2 is 1.78 bits per heavy atom. The zero-order chi connectivity index (χ0) is 17.2. The summed E-state index contributed by atoms with van der Waals surface area (Å²) in [5.41, 5.74) is 2.25. The predicted molar refractivity (Wildman–Crippen MR) is 84.8 cm³/mol. The number of aryl methyl sites for hydroxylation is 3. The maximum Gasteiger partial charge on any atom is 0.376 e. The standard InChI is InChI=1S/C15H17N3O4S/c1-9-7-10(2)13(11(3)8-9)23(20,21)18-12-5-6-16-14(17-12)15(19)22-4/h5-8H,1-4H3,(H,16,17,18). The van der Waals surface area contributed by atoms with Gasteiger partial charge < -0.3 is 4.74 Å². The topological polar surface area (TPSA) is 98.2 Å². The zero-order valence-electron chi connectivity index (χ0n) is 13.2. The number of sulfonamides is 1. The van der Waals surface area contributed by atoms with E-state index >= 15 is 0 Å². The van der Waals surface area contributed by atoms with Crippen molar-refractivity contribution in [2.24, 2.45) is 0 Å². The Kier molecular flexibility index (Phi) is 4.65. The van der Waals surface area contributed by atoms with Gasteiger partial charge in [-0.25, -0.2) is 23.2 Å². The Morgan fingerprint density at radius 1 is 1.17 bits per heavy atom. The molecule has 2 aromatic rings. The third-order valence-corrected chi connectivity index (χ3v) is 4.80. The molecule has 0 radical (unpaired) electrons. The number of benzene rings is 1. The fourth-order valence-corrected chi connectivity index (χ4v) is 3.84. The third-order valence-electron chi connectivity index (χ3n) is 3.14. The second-order valence-electron chi connectivity index (χ2n) is 5.09. The molecule has 0 spiro atoms. The van der Waals surface area contributed by atoms with Crippen LogP contribution in [0, 0.1) is 20.8 Å². The van der Waals surface area contributed by atoms with Crippen molar-refractivity contribution in [1.82, 2.24) is 9.97 Å². The summed E-state index contributed by atoms with van der Waals surface area (Å²) in [6.07, 6.45) is 1.28. The van der Waals surface area contributed by atoms with Crippen LogP contribution in [0.15, 0.2) is 29.3 Å². The molecule has 23 heavy (non-hydrogen) atoms. The van der Waals surface area contributed by atoms with Gasteiger partial charge in [0.15, 0.2) is 0 Å². The average molecular weight is 335 g/mol. The van der Waals surface area contributed by atoms with E-state index in [4.69, 9.17) is 0 Å². The van der Waals surface area contributed by atoms with Gasteiger partial charge in [-0.05, 0) is 38.0 Å². The first-order chi connectivity index (χ1) is 10.7. The highest BCUT2D eigenvalue weighted by Gasteiger charge is 2.21. The number of methoxy groups -OCH3 is 1. The lowest BCUT2D eigenvalue weighted by atomic mass is 10.1. The largest absolute Gasteiger partial charge is 0.463 e. The number of esters is 1. The van der Waals surface area contributed by atoms with Gasteiger partial charge in [0.2, 0.25) is 5.82 Å². The van der Waals surface area contributed by atoms with Crippen LogP contribution < -0.4 is 4.72 Å². The van der Waals surface area contributed by atoms with Gasteiger partial charge in [-0.15, -0.1) is 0 Å². The fraction of sp³-hybridized carbons (Fsp3) is 0.267.